The van der Waals surface area contributed by atoms with E-state index in [1.165, 1.54) is 24.4 Å². The number of aryl methyl sites for hydroxylation is 1. The van der Waals surface area contributed by atoms with Crippen LogP contribution in [0, 0.1) is 6.92 Å². The number of nitrogens with one attached hydrogen (secondary N) is 1. The number of rotatable bonds is 1. The molecular weight excluding hydrogens is 154 g/mol. The molecule has 1 nitrogen and oxygen atoms in total. The Balaban J connectivity index is 2.21. The lowest BCUT2D eigenvalue weighted by Crippen LogP contribution is -2.07. The first kappa shape index (κ1) is 7.32. The highest BCUT2D eigenvalue weighted by molar-refractivity contribution is 7.10. The predicted octanol–water partition coefficient (Wildman–Crippen LogP) is 2.13. The quantitative estimate of drug-likeness (QED) is 0.675. The summed E-state index contributed by atoms with van der Waals surface area (Å²) in [5.41, 5.74) is 1.57. The Morgan fingerprint density at radius 1 is 1.64 bits per heavy atom. The highest BCUT2D eigenvalue weighted by Gasteiger charge is 2.18. The van der Waals surface area contributed by atoms with Gasteiger partial charge in [0.1, 0.15) is 0 Å². The molecule has 0 radical (unpaired) electrons. The Labute approximate surface area is 71.4 Å². The van der Waals surface area contributed by atoms with Crippen LogP contribution in [0.3, 0.4) is 0 Å². The predicted molar refractivity (Wildman–Crippen MR) is 49.3 cm³/mol. The molecule has 1 aromatic heterocycles. The largest absolute Gasteiger partial charge is 0.316 e. The minimum absolute atomic E-state index is 0.793. The summed E-state index contributed by atoms with van der Waals surface area (Å²) >= 11 is 1.86. The zero-order valence-corrected chi connectivity index (χ0v) is 7.58. The molecule has 2 heteroatoms. The zero-order chi connectivity index (χ0) is 7.68. The maximum atomic E-state index is 3.39. The summed E-state index contributed by atoms with van der Waals surface area (Å²) in [6, 6.07) is 2.28. The van der Waals surface area contributed by atoms with Crippen molar-refractivity contribution in [1.82, 2.24) is 5.32 Å². The summed E-state index contributed by atoms with van der Waals surface area (Å²) in [4.78, 5) is 1.50. The van der Waals surface area contributed by atoms with Gasteiger partial charge in [0.05, 0.1) is 0 Å². The van der Waals surface area contributed by atoms with Crippen LogP contribution < -0.4 is 5.32 Å². The van der Waals surface area contributed by atoms with Crippen LogP contribution in [0.5, 0.6) is 0 Å². The standard InChI is InChI=1S/C9H13NS/c1-7-9(3-5-11-7)8-2-4-10-6-8/h3,5,8,10H,2,4,6H2,1H3. The van der Waals surface area contributed by atoms with Gasteiger partial charge in [-0.2, -0.15) is 0 Å². The summed E-state index contributed by atoms with van der Waals surface area (Å²) in [6.07, 6.45) is 1.32. The van der Waals surface area contributed by atoms with E-state index in [1.54, 1.807) is 5.56 Å². The molecular formula is C9H13NS. The Morgan fingerprint density at radius 2 is 2.55 bits per heavy atom. The average molecular weight is 167 g/mol. The lowest BCUT2D eigenvalue weighted by atomic mass is 10.00. The number of thiophene rings is 1. The molecule has 1 aliphatic heterocycles. The van der Waals surface area contributed by atoms with Crippen LogP contribution in [0.1, 0.15) is 22.8 Å². The first-order valence-corrected chi connectivity index (χ1v) is 5.00. The molecule has 11 heavy (non-hydrogen) atoms. The third-order valence-corrected chi connectivity index (χ3v) is 3.26. The molecule has 1 saturated heterocycles. The fourth-order valence-electron chi connectivity index (χ4n) is 1.74. The van der Waals surface area contributed by atoms with Crippen molar-refractivity contribution >= 4 is 11.3 Å². The van der Waals surface area contributed by atoms with Crippen molar-refractivity contribution in [3.63, 3.8) is 0 Å². The molecule has 1 fully saturated rings. The van der Waals surface area contributed by atoms with E-state index in [-0.39, 0.29) is 0 Å². The second-order valence-corrected chi connectivity index (χ2v) is 4.24. The van der Waals surface area contributed by atoms with Crippen LogP contribution in [0.2, 0.25) is 0 Å². The second-order valence-electron chi connectivity index (χ2n) is 3.12. The molecule has 2 rings (SSSR count). The van der Waals surface area contributed by atoms with Gasteiger partial charge in [-0.15, -0.1) is 11.3 Å². The molecule has 1 N–H and O–H groups in total. The molecule has 2 heterocycles. The fourth-order valence-corrected chi connectivity index (χ4v) is 2.53. The van der Waals surface area contributed by atoms with Crippen LogP contribution in [0.4, 0.5) is 0 Å². The van der Waals surface area contributed by atoms with Crippen molar-refractivity contribution in [2.45, 2.75) is 19.3 Å². The van der Waals surface area contributed by atoms with E-state index in [0.29, 0.717) is 0 Å². The molecule has 1 aromatic rings. The van der Waals surface area contributed by atoms with E-state index in [9.17, 15) is 0 Å². The number of hydrogen-bond acceptors (Lipinski definition) is 2. The lowest BCUT2D eigenvalue weighted by Gasteiger charge is -2.06. The molecule has 0 bridgehead atoms. The summed E-state index contributed by atoms with van der Waals surface area (Å²) in [5.74, 6) is 0.793. The molecule has 60 valence electrons. The topological polar surface area (TPSA) is 12.0 Å². The Hall–Kier alpha value is -0.340. The van der Waals surface area contributed by atoms with Crippen LogP contribution in [-0.4, -0.2) is 13.1 Å². The summed E-state index contributed by atoms with van der Waals surface area (Å²) in [6.45, 7) is 4.59. The third kappa shape index (κ3) is 1.33. The van der Waals surface area contributed by atoms with Gasteiger partial charge < -0.3 is 5.32 Å². The van der Waals surface area contributed by atoms with Crippen LogP contribution in [0.25, 0.3) is 0 Å². The van der Waals surface area contributed by atoms with E-state index in [0.717, 1.165) is 5.92 Å². The average Bonchev–Trinajstić information content (AvgIpc) is 2.55. The molecule has 0 spiro atoms. The van der Waals surface area contributed by atoms with Gasteiger partial charge >= 0.3 is 0 Å². The monoisotopic (exact) mass is 167 g/mol. The smallest absolute Gasteiger partial charge is 0.00495 e. The SMILES string of the molecule is Cc1sccc1C1CCNC1. The van der Waals surface area contributed by atoms with Gasteiger partial charge in [-0.25, -0.2) is 0 Å². The van der Waals surface area contributed by atoms with E-state index in [1.807, 2.05) is 11.3 Å². The summed E-state index contributed by atoms with van der Waals surface area (Å²) in [5, 5.41) is 5.59. The van der Waals surface area contributed by atoms with Crippen LogP contribution >= 0.6 is 11.3 Å². The van der Waals surface area contributed by atoms with Gasteiger partial charge in [0.15, 0.2) is 0 Å². The van der Waals surface area contributed by atoms with Gasteiger partial charge in [0, 0.05) is 11.4 Å². The van der Waals surface area contributed by atoms with E-state index in [2.05, 4.69) is 23.7 Å². The first-order valence-electron chi connectivity index (χ1n) is 4.12. The van der Waals surface area contributed by atoms with Crippen molar-refractivity contribution in [3.05, 3.63) is 21.9 Å². The van der Waals surface area contributed by atoms with Gasteiger partial charge in [0.25, 0.3) is 0 Å². The molecule has 1 aliphatic rings. The third-order valence-electron chi connectivity index (χ3n) is 2.40. The Kier molecular flexibility index (Phi) is 1.96. The normalized spacial score (nSPS) is 24.3. The Morgan fingerprint density at radius 3 is 3.09 bits per heavy atom. The second kappa shape index (κ2) is 2.95. The van der Waals surface area contributed by atoms with Crippen molar-refractivity contribution in [1.29, 1.82) is 0 Å². The van der Waals surface area contributed by atoms with Crippen LogP contribution in [-0.2, 0) is 0 Å². The minimum atomic E-state index is 0.793. The molecule has 0 saturated carbocycles. The van der Waals surface area contributed by atoms with Gasteiger partial charge in [-0.1, -0.05) is 0 Å². The maximum absolute atomic E-state index is 3.39. The van der Waals surface area contributed by atoms with Crippen molar-refractivity contribution < 1.29 is 0 Å². The van der Waals surface area contributed by atoms with E-state index >= 15 is 0 Å². The molecule has 0 amide bonds. The summed E-state index contributed by atoms with van der Waals surface area (Å²) in [7, 11) is 0. The first-order chi connectivity index (χ1) is 5.38. The Bertz CT molecular complexity index is 235. The highest BCUT2D eigenvalue weighted by Crippen LogP contribution is 2.28. The minimum Gasteiger partial charge on any atom is -0.316 e. The van der Waals surface area contributed by atoms with E-state index < -0.39 is 0 Å². The summed E-state index contributed by atoms with van der Waals surface area (Å²) < 4.78 is 0. The van der Waals surface area contributed by atoms with Gasteiger partial charge in [-0.3, -0.25) is 0 Å². The molecule has 0 aliphatic carbocycles. The molecule has 1 atom stereocenters. The van der Waals surface area contributed by atoms with E-state index in [4.69, 9.17) is 0 Å². The van der Waals surface area contributed by atoms with Gasteiger partial charge in [0.2, 0.25) is 0 Å². The van der Waals surface area contributed by atoms with Crippen molar-refractivity contribution in [2.75, 3.05) is 13.1 Å². The molecule has 1 unspecified atom stereocenters. The zero-order valence-electron chi connectivity index (χ0n) is 6.76. The fraction of sp³-hybridized carbons (Fsp3) is 0.556. The lowest BCUT2D eigenvalue weighted by molar-refractivity contribution is 0.762. The van der Waals surface area contributed by atoms with Crippen molar-refractivity contribution in [2.24, 2.45) is 0 Å². The maximum Gasteiger partial charge on any atom is 0.00495 e. The van der Waals surface area contributed by atoms with Crippen LogP contribution in [0.15, 0.2) is 11.4 Å². The van der Waals surface area contributed by atoms with Gasteiger partial charge in [-0.05, 0) is 42.8 Å². The number of hydrogen-bond donors (Lipinski definition) is 1. The molecule has 0 aromatic carbocycles. The highest BCUT2D eigenvalue weighted by atomic mass is 32.1. The van der Waals surface area contributed by atoms with Crippen molar-refractivity contribution in [3.8, 4) is 0 Å².